The highest BCUT2D eigenvalue weighted by Gasteiger charge is 2.62. The molecule has 0 spiro atoms. The Hall–Kier alpha value is -4.01. The van der Waals surface area contributed by atoms with Crippen LogP contribution in [0.15, 0.2) is 11.5 Å². The van der Waals surface area contributed by atoms with Gasteiger partial charge in [0.1, 0.15) is 97.5 Å². The number of carbonyl (C=O) groups is 3. The number of carboxylic acids is 3. The molecule has 6 aliphatic rings. The van der Waals surface area contributed by atoms with Crippen molar-refractivity contribution in [2.45, 2.75) is 172 Å². The zero-order chi connectivity index (χ0) is 77.6. The van der Waals surface area contributed by atoms with Gasteiger partial charge in [0.05, 0.1) is 25.9 Å². The van der Waals surface area contributed by atoms with E-state index in [4.69, 9.17) is 62.4 Å². The number of hydrogen-bond acceptors (Lipinski definition) is 45. The van der Waals surface area contributed by atoms with Gasteiger partial charge in [-0.15, -0.1) is 0 Å². The third kappa shape index (κ3) is 23.7. The molecule has 5 fully saturated rings. The lowest BCUT2D eigenvalue weighted by Gasteiger charge is -2.50. The van der Waals surface area contributed by atoms with Gasteiger partial charge in [0, 0.05) is 0 Å². The summed E-state index contributed by atoms with van der Waals surface area (Å²) in [5.41, 5.74) is 5.66. The van der Waals surface area contributed by atoms with Gasteiger partial charge in [0.2, 0.25) is 12.0 Å². The number of carboxylic acid groups (broad SMARTS) is 3. The highest BCUT2D eigenvalue weighted by molar-refractivity contribution is 7.84. The van der Waals surface area contributed by atoms with E-state index in [0.29, 0.717) is 0 Å². The molecule has 0 aromatic heterocycles. The summed E-state index contributed by atoms with van der Waals surface area (Å²) in [4.78, 5) is 38.0. The first kappa shape index (κ1) is 86.9. The second-order valence-corrected chi connectivity index (χ2v) is 29.8. The van der Waals surface area contributed by atoms with Crippen molar-refractivity contribution in [1.29, 1.82) is 0 Å². The van der Waals surface area contributed by atoms with Crippen LogP contribution < -0.4 is 15.2 Å². The maximum absolute atomic E-state index is 13.1. The normalized spacial score (nSPS) is 38.8. The van der Waals surface area contributed by atoms with Gasteiger partial charge in [-0.05, 0) is 0 Å². The Morgan fingerprint density at radius 3 is 1.02 bits per heavy atom. The zero-order valence-corrected chi connectivity index (χ0v) is 55.4. The molecule has 0 bridgehead atoms. The second-order valence-electron chi connectivity index (χ2n) is 21.0. The van der Waals surface area contributed by atoms with Gasteiger partial charge in [0.15, 0.2) is 67.7 Å². The number of nitrogens with one attached hydrogen (secondary N) is 2. The minimum absolute atomic E-state index is 1.15. The fraction of sp³-hybridized carbons (Fsp3) is 0.861. The lowest BCUT2D eigenvalue weighted by molar-refractivity contribution is -0.374. The summed E-state index contributed by atoms with van der Waals surface area (Å²) in [6, 6.07) is -8.17. The molecule has 58 nitrogen and oxygen atoms in total. The maximum atomic E-state index is 13.1. The Morgan fingerprint density at radius 2 is 0.706 bits per heavy atom. The summed E-state index contributed by atoms with van der Waals surface area (Å²) in [5.74, 6) is -11.0. The quantitative estimate of drug-likeness (QED) is 0.0278. The molecule has 5 saturated heterocycles. The molecule has 0 unspecified atom stereocenters. The van der Waals surface area contributed by atoms with E-state index in [1.54, 1.807) is 0 Å². The molecular weight excluding hydrogens is 1610 g/mol. The lowest BCUT2D eigenvalue weighted by Crippen LogP contribution is -2.71. The van der Waals surface area contributed by atoms with Gasteiger partial charge in [0.25, 0.3) is 0 Å². The van der Waals surface area contributed by atoms with Crippen LogP contribution in [-0.2, 0) is 175 Å². The van der Waals surface area contributed by atoms with E-state index in [2.05, 4.69) is 25.1 Å². The molecule has 102 heavy (non-hydrogen) atoms. The molecule has 0 radical (unpaired) electrons. The number of aliphatic hydroxyl groups excluding tert-OH is 8. The fourth-order valence-electron chi connectivity index (χ4n) is 10.0. The van der Waals surface area contributed by atoms with E-state index in [1.165, 1.54) is 0 Å². The SMILES string of the molecule is N[C@@H]1[C@@H](O)[C@H](O[C@@H]2O[C@@H](C(=O)O)[C@@H](O[C@H]3O[C@H](COS(=O)(=O)O)[C@@H](O[C@@H]4O[C@@H](C(=O)O)[C@@H](O[C@H]5O[C@H](COS(=O)(=O)O)[C@@H](O[C@@H]6OC(C(=O)O)=C(O)[C@H](O)[C@H]6OS(=O)(=O)O)[C@H](O)[C@H]5NS(=O)(=O)O)[C@H](O)[C@H]4OS(=O)(=O)O)[C@H](O)[C@H]3NS(=O)(=O)O)[C@H](O)[C@H]2OS(=O)(=O)O)[C@@H](COS(=O)(=O)O)O[C@@H]1O. The van der Waals surface area contributed by atoms with Gasteiger partial charge in [-0.2, -0.15) is 76.8 Å². The van der Waals surface area contributed by atoms with Gasteiger partial charge < -0.3 is 114 Å². The van der Waals surface area contributed by atoms with Crippen LogP contribution in [0, 0.1) is 0 Å². The summed E-state index contributed by atoms with van der Waals surface area (Å²) in [6.07, 6.45) is -74.6. The molecule has 594 valence electrons. The van der Waals surface area contributed by atoms with Gasteiger partial charge in [-0.1, -0.05) is 0 Å². The number of nitrogens with two attached hydrogens (primary N) is 1. The molecule has 0 aromatic rings. The molecular formula is C36H57N3O55S8. The summed E-state index contributed by atoms with van der Waals surface area (Å²) in [6.45, 7) is -5.36. The largest absolute Gasteiger partial charge is 0.506 e. The van der Waals surface area contributed by atoms with E-state index in [1.807, 2.05) is 0 Å². The monoisotopic (exact) mass is 1670 g/mol. The Bertz CT molecular complexity index is 3990. The van der Waals surface area contributed by atoms with E-state index in [0.717, 1.165) is 9.44 Å². The molecule has 6 heterocycles. The summed E-state index contributed by atoms with van der Waals surface area (Å²) in [5, 5.41) is 120. The van der Waals surface area contributed by atoms with E-state index >= 15 is 0 Å². The van der Waals surface area contributed by atoms with Crippen LogP contribution in [0.25, 0.3) is 0 Å². The molecule has 0 saturated carbocycles. The van der Waals surface area contributed by atoms with Crippen LogP contribution in [0.4, 0.5) is 0 Å². The molecule has 66 heteroatoms. The molecule has 0 amide bonds. The molecule has 28 atom stereocenters. The van der Waals surface area contributed by atoms with Crippen LogP contribution in [0.1, 0.15) is 0 Å². The molecule has 0 aromatic carbocycles. The average molecular weight is 1670 g/mol. The minimum Gasteiger partial charge on any atom is -0.506 e. The lowest BCUT2D eigenvalue weighted by atomic mass is 9.94. The molecule has 0 aliphatic carbocycles. The number of aliphatic carboxylic acids is 3. The summed E-state index contributed by atoms with van der Waals surface area (Å²) in [7, 11) is -47.6. The molecule has 23 N–H and O–H groups in total. The van der Waals surface area contributed by atoms with Crippen LogP contribution >= 0.6 is 0 Å². The minimum atomic E-state index is -6.32. The first-order valence-corrected chi connectivity index (χ1v) is 37.5. The summed E-state index contributed by atoms with van der Waals surface area (Å²) < 4.78 is 356. The Morgan fingerprint density at radius 1 is 0.392 bits per heavy atom. The first-order chi connectivity index (χ1) is 46.2. The number of ether oxygens (including phenoxy) is 11. The number of rotatable bonds is 32. The average Bonchev–Trinajstić information content (AvgIpc) is 0.762. The Kier molecular flexibility index (Phi) is 28.0. The first-order valence-electron chi connectivity index (χ1n) is 26.4. The predicted octanol–water partition coefficient (Wildman–Crippen LogP) is -15.1. The van der Waals surface area contributed by atoms with Crippen molar-refractivity contribution >= 4 is 101 Å². The fourth-order valence-corrected chi connectivity index (χ4v) is 13.6. The summed E-state index contributed by atoms with van der Waals surface area (Å²) >= 11 is 0. The van der Waals surface area contributed by atoms with Crippen molar-refractivity contribution in [2.24, 2.45) is 5.73 Å². The van der Waals surface area contributed by atoms with E-state index < -0.39 is 304 Å². The van der Waals surface area contributed by atoms with Gasteiger partial charge in [-0.3, -0.25) is 36.4 Å². The zero-order valence-electron chi connectivity index (χ0n) is 48.8. The predicted molar refractivity (Wildman–Crippen MR) is 290 cm³/mol. The van der Waals surface area contributed by atoms with Crippen molar-refractivity contribution in [3.63, 3.8) is 0 Å². The van der Waals surface area contributed by atoms with E-state index in [9.17, 15) is 170 Å². The second kappa shape index (κ2) is 32.8. The van der Waals surface area contributed by atoms with E-state index in [-0.39, 0.29) is 0 Å². The van der Waals surface area contributed by atoms with Gasteiger partial charge >= 0.3 is 101 Å². The van der Waals surface area contributed by atoms with Gasteiger partial charge in [-0.25, -0.2) is 39.5 Å². The van der Waals surface area contributed by atoms with Crippen molar-refractivity contribution < 1.29 is 252 Å². The van der Waals surface area contributed by atoms with Crippen LogP contribution in [0.5, 0.6) is 0 Å². The van der Waals surface area contributed by atoms with Crippen LogP contribution in [-0.4, -0.2) is 370 Å². The third-order valence-electron chi connectivity index (χ3n) is 14.0. The van der Waals surface area contributed by atoms with Crippen molar-refractivity contribution in [3.8, 4) is 0 Å². The third-order valence-corrected chi connectivity index (χ3v) is 17.8. The van der Waals surface area contributed by atoms with Crippen molar-refractivity contribution in [3.05, 3.63) is 11.5 Å². The van der Waals surface area contributed by atoms with Crippen molar-refractivity contribution in [2.75, 3.05) is 19.8 Å². The van der Waals surface area contributed by atoms with Crippen LogP contribution in [0.3, 0.4) is 0 Å². The maximum Gasteiger partial charge on any atom is 0.397 e. The standard InChI is InChI=1S/C36H57N3O55S8/c37-7-10(40)17(4(81-31(7)53)1-78-97(60,61)62)84-35-24(93-101(72,73)74)15(45)20(26(90-35)29(49)50)87-33-9(39-96(57,58)59)12(42)19(6(83-33)3-80-99(66,67)68)86-36-25(94-102(75,76)77)16(46)21(27(91-36)30(51)52)88-32-8(38-95(54,55)56)11(41)18(5(82-32)2-79-98(63,64)65)85-34-23(92-100(69,70)71)14(44)13(43)22(89-34)28(47)48/h4-12,14-21,23-27,31-36,38-46,53H,1-3,37H2,(H,47,48)(H,49,50)(H,51,52)(H,54,55,56)(H,57,58,59)(H,60,61,62)(H,63,64,65)(H,66,67,68)(H,69,70,71)(H,72,73,74)(H,75,76,77)/t4-,5-,6-,7-,8-,9-,10-,11-,12-,14+,15+,16+,17-,18-,19-,20+,21+,23-,24-,25-,26-,27-,31+,32-,33-,34-,35-,36-/m1/s1. The topological polar surface area (TPSA) is 916 Å². The Labute approximate surface area is 568 Å². The van der Waals surface area contributed by atoms with Crippen LogP contribution in [0.2, 0.25) is 0 Å². The van der Waals surface area contributed by atoms with Crippen molar-refractivity contribution in [1.82, 2.24) is 9.44 Å². The Balaban J connectivity index is 1.40. The number of aliphatic hydroxyl groups is 8. The molecule has 6 rings (SSSR count). The highest BCUT2D eigenvalue weighted by Crippen LogP contribution is 2.40. The molecule has 6 aliphatic heterocycles. The smallest absolute Gasteiger partial charge is 0.397 e. The number of hydrogen-bond donors (Lipinski definition) is 22. The highest BCUT2D eigenvalue weighted by atomic mass is 32.3.